The Bertz CT molecular complexity index is 1330. The van der Waals surface area contributed by atoms with Crippen LogP contribution in [0.3, 0.4) is 0 Å². The van der Waals surface area contributed by atoms with Crippen LogP contribution in [-0.2, 0) is 15.6 Å². The van der Waals surface area contributed by atoms with E-state index in [-0.39, 0.29) is 11.8 Å². The molecule has 5 rings (SSSR count). The first kappa shape index (κ1) is 27.2. The lowest BCUT2D eigenvalue weighted by Crippen LogP contribution is -2.46. The molecule has 2 saturated heterocycles. The van der Waals surface area contributed by atoms with Crippen LogP contribution in [-0.4, -0.2) is 64.0 Å². The van der Waals surface area contributed by atoms with Gasteiger partial charge in [0.15, 0.2) is 9.84 Å². The van der Waals surface area contributed by atoms with Crippen LogP contribution in [0.2, 0.25) is 10.0 Å². The first-order valence-corrected chi connectivity index (χ1v) is 15.5. The third-order valence-corrected chi connectivity index (χ3v) is 9.29. The van der Waals surface area contributed by atoms with Crippen LogP contribution in [0.5, 0.6) is 0 Å². The number of nitrogens with zero attached hydrogens (tertiary/aromatic N) is 3. The topological polar surface area (TPSA) is 43.9 Å². The van der Waals surface area contributed by atoms with Gasteiger partial charge in [0.1, 0.15) is 0 Å². The van der Waals surface area contributed by atoms with Crippen LogP contribution in [0, 0.1) is 0 Å². The Morgan fingerprint density at radius 3 is 1.97 bits per heavy atom. The van der Waals surface area contributed by atoms with Gasteiger partial charge in [-0.15, -0.1) is 0 Å². The minimum absolute atomic E-state index is 0.00533. The number of rotatable bonds is 8. The van der Waals surface area contributed by atoms with E-state index in [2.05, 4.69) is 27.7 Å². The minimum atomic E-state index is -3.39. The van der Waals surface area contributed by atoms with Crippen molar-refractivity contribution >= 4 is 38.7 Å². The molecule has 0 spiro atoms. The molecule has 2 aliphatic heterocycles. The molecule has 2 fully saturated rings. The molecule has 0 N–H and O–H groups in total. The van der Waals surface area contributed by atoms with E-state index < -0.39 is 9.84 Å². The monoisotopic (exact) mass is 569 g/mol. The van der Waals surface area contributed by atoms with Crippen molar-refractivity contribution in [3.8, 4) is 0 Å². The fourth-order valence-electron chi connectivity index (χ4n) is 5.33. The van der Waals surface area contributed by atoms with Gasteiger partial charge in [0.25, 0.3) is 0 Å². The van der Waals surface area contributed by atoms with Gasteiger partial charge in [0.05, 0.1) is 11.8 Å². The van der Waals surface area contributed by atoms with E-state index in [0.29, 0.717) is 23.1 Å². The number of likely N-dealkylation sites (tertiary alicyclic amines) is 1. The van der Waals surface area contributed by atoms with Gasteiger partial charge in [-0.2, -0.15) is 0 Å². The number of benzene rings is 3. The van der Waals surface area contributed by atoms with E-state index in [0.717, 1.165) is 60.7 Å². The quantitative estimate of drug-likeness (QED) is 0.331. The number of hydrogen-bond acceptors (Lipinski definition) is 5. The molecule has 0 bridgehead atoms. The second kappa shape index (κ2) is 11.8. The summed E-state index contributed by atoms with van der Waals surface area (Å²) in [6.07, 6.45) is 0. The highest BCUT2D eigenvalue weighted by Crippen LogP contribution is 2.35. The zero-order valence-electron chi connectivity index (χ0n) is 21.6. The molecule has 2 heterocycles. The fraction of sp³-hybridized carbons (Fsp3) is 0.333. The molecule has 0 radical (unpaired) electrons. The third-order valence-electron chi connectivity index (χ3n) is 7.36. The Morgan fingerprint density at radius 1 is 0.842 bits per heavy atom. The summed E-state index contributed by atoms with van der Waals surface area (Å²) >= 11 is 12.3. The number of halogens is 2. The summed E-state index contributed by atoms with van der Waals surface area (Å²) in [4.78, 5) is 7.05. The fourth-order valence-corrected chi connectivity index (χ4v) is 6.97. The largest absolute Gasteiger partial charge is 0.369 e. The van der Waals surface area contributed by atoms with E-state index in [4.69, 9.17) is 23.2 Å². The van der Waals surface area contributed by atoms with Gasteiger partial charge >= 0.3 is 0 Å². The molecule has 38 heavy (non-hydrogen) atoms. The number of hydrogen-bond donors (Lipinski definition) is 0. The second-order valence-electron chi connectivity index (χ2n) is 10.1. The zero-order chi connectivity index (χ0) is 26.7. The molecule has 0 aliphatic carbocycles. The van der Waals surface area contributed by atoms with Crippen molar-refractivity contribution in [3.63, 3.8) is 0 Å². The van der Waals surface area contributed by atoms with Crippen LogP contribution in [0.1, 0.15) is 29.7 Å². The summed E-state index contributed by atoms with van der Waals surface area (Å²) in [5.74, 6) is 0.0110. The van der Waals surface area contributed by atoms with Crippen LogP contribution < -0.4 is 4.90 Å². The van der Waals surface area contributed by atoms with Gasteiger partial charge in [0, 0.05) is 60.4 Å². The summed E-state index contributed by atoms with van der Waals surface area (Å²) in [6, 6.07) is 23.6. The summed E-state index contributed by atoms with van der Waals surface area (Å²) in [7, 11) is -3.39. The van der Waals surface area contributed by atoms with E-state index in [1.807, 2.05) is 66.7 Å². The summed E-state index contributed by atoms with van der Waals surface area (Å²) in [5, 5.41) is 2.86. The van der Waals surface area contributed by atoms with E-state index in [1.165, 1.54) is 5.41 Å². The van der Waals surface area contributed by atoms with Gasteiger partial charge < -0.3 is 9.80 Å². The number of piperazine rings is 1. The molecule has 0 aromatic heterocycles. The lowest BCUT2D eigenvalue weighted by atomic mass is 9.93. The molecular weight excluding hydrogens is 537 g/mol. The molecule has 0 saturated carbocycles. The number of likely N-dealkylation sites (N-methyl/N-ethyl adjacent to an activating group) is 1. The van der Waals surface area contributed by atoms with Crippen molar-refractivity contribution in [2.75, 3.05) is 50.7 Å². The minimum Gasteiger partial charge on any atom is -0.369 e. The predicted molar refractivity (Wildman–Crippen MR) is 158 cm³/mol. The van der Waals surface area contributed by atoms with Crippen LogP contribution in [0.25, 0.3) is 0 Å². The van der Waals surface area contributed by atoms with Crippen molar-refractivity contribution in [3.05, 3.63) is 111 Å². The Balaban J connectivity index is 1.27. The van der Waals surface area contributed by atoms with Crippen molar-refractivity contribution in [1.29, 1.82) is 0 Å². The van der Waals surface area contributed by atoms with Gasteiger partial charge in [0.2, 0.25) is 0 Å². The summed E-state index contributed by atoms with van der Waals surface area (Å²) in [5.41, 5.74) is 5.06. The SMILES string of the molecule is CCN1CCN(c2cccc(CS(=O)(=O)C=C3CN(C(c4ccc(Cl)cc4)c4ccc(Cl)cc4)C3)c2)CC1. The average Bonchev–Trinajstić information content (AvgIpc) is 2.89. The Labute approximate surface area is 236 Å². The maximum atomic E-state index is 13.1. The molecule has 3 aromatic rings. The zero-order valence-corrected chi connectivity index (χ0v) is 23.9. The van der Waals surface area contributed by atoms with E-state index in [9.17, 15) is 8.42 Å². The Morgan fingerprint density at radius 2 is 1.42 bits per heavy atom. The Hall–Kier alpha value is -2.35. The lowest BCUT2D eigenvalue weighted by Gasteiger charge is -2.41. The number of anilines is 1. The highest BCUT2D eigenvalue weighted by molar-refractivity contribution is 7.93. The number of sulfone groups is 1. The third kappa shape index (κ3) is 6.61. The van der Waals surface area contributed by atoms with Gasteiger partial charge in [-0.05, 0) is 65.2 Å². The molecule has 8 heteroatoms. The molecule has 2 aliphatic rings. The smallest absolute Gasteiger partial charge is 0.175 e. The first-order valence-electron chi connectivity index (χ1n) is 13.0. The highest BCUT2D eigenvalue weighted by atomic mass is 35.5. The molecule has 0 amide bonds. The maximum Gasteiger partial charge on any atom is 0.175 e. The van der Waals surface area contributed by atoms with Crippen molar-refractivity contribution in [2.24, 2.45) is 0 Å². The molecule has 0 unspecified atom stereocenters. The molecule has 5 nitrogen and oxygen atoms in total. The van der Waals surface area contributed by atoms with Crippen LogP contribution in [0.4, 0.5) is 5.69 Å². The van der Waals surface area contributed by atoms with E-state index >= 15 is 0 Å². The summed E-state index contributed by atoms with van der Waals surface area (Å²) in [6.45, 7) is 8.45. The molecular formula is C30H33Cl2N3O2S. The maximum absolute atomic E-state index is 13.1. The van der Waals surface area contributed by atoms with Gasteiger partial charge in [-0.1, -0.05) is 66.5 Å². The Kier molecular flexibility index (Phi) is 8.46. The van der Waals surface area contributed by atoms with Crippen LogP contribution >= 0.6 is 23.2 Å². The predicted octanol–water partition coefficient (Wildman–Crippen LogP) is 6.04. The lowest BCUT2D eigenvalue weighted by molar-refractivity contribution is 0.202. The second-order valence-corrected chi connectivity index (χ2v) is 12.8. The molecule has 3 aromatic carbocycles. The molecule has 200 valence electrons. The van der Waals surface area contributed by atoms with Crippen molar-refractivity contribution < 1.29 is 8.42 Å². The van der Waals surface area contributed by atoms with E-state index in [1.54, 1.807) is 0 Å². The van der Waals surface area contributed by atoms with Gasteiger partial charge in [-0.3, -0.25) is 4.90 Å². The first-order chi connectivity index (χ1) is 18.3. The standard InChI is InChI=1S/C30H33Cl2N3O2S/c1-2-33-14-16-34(17-15-33)29-5-3-4-23(18-29)21-38(36,37)22-24-19-35(20-24)30(25-6-10-27(31)11-7-25)26-8-12-28(32)13-9-26/h3-13,18,22,30H,2,14-17,19-21H2,1H3. The van der Waals surface area contributed by atoms with Crippen LogP contribution in [0.15, 0.2) is 83.8 Å². The highest BCUT2D eigenvalue weighted by Gasteiger charge is 2.31. The average molecular weight is 571 g/mol. The normalized spacial score (nSPS) is 17.1. The molecule has 0 atom stereocenters. The summed E-state index contributed by atoms with van der Waals surface area (Å²) < 4.78 is 26.2. The van der Waals surface area contributed by atoms with Crippen molar-refractivity contribution in [1.82, 2.24) is 9.80 Å². The van der Waals surface area contributed by atoms with Crippen molar-refractivity contribution in [2.45, 2.75) is 18.7 Å². The van der Waals surface area contributed by atoms with Gasteiger partial charge in [-0.25, -0.2) is 8.42 Å².